The Labute approximate surface area is 187 Å². The molecule has 1 atom stereocenters. The highest BCUT2D eigenvalue weighted by atomic mass is 32.1. The molecule has 11 heteroatoms. The minimum Gasteiger partial charge on any atom is -0.480 e. The number of thiophene rings is 1. The molecule has 2 aromatic rings. The van der Waals surface area contributed by atoms with Crippen LogP contribution in [0.25, 0.3) is 0 Å². The van der Waals surface area contributed by atoms with Gasteiger partial charge < -0.3 is 26.0 Å². The first-order valence-electron chi connectivity index (χ1n) is 9.54. The fourth-order valence-electron chi connectivity index (χ4n) is 2.74. The molecule has 1 aromatic heterocycles. The van der Waals surface area contributed by atoms with Gasteiger partial charge in [-0.3, -0.25) is 10.2 Å². The Morgan fingerprint density at radius 3 is 2.53 bits per heavy atom. The zero-order valence-corrected chi connectivity index (χ0v) is 18.3. The molecule has 0 aliphatic heterocycles. The molecule has 0 radical (unpaired) electrons. The fraction of sp³-hybridized carbons (Fsp3) is 0.333. The van der Waals surface area contributed by atoms with Crippen LogP contribution in [0.4, 0.5) is 4.39 Å². The van der Waals surface area contributed by atoms with Crippen molar-refractivity contribution in [2.24, 2.45) is 11.1 Å². The van der Waals surface area contributed by atoms with E-state index in [1.807, 2.05) is 0 Å². The summed E-state index contributed by atoms with van der Waals surface area (Å²) in [5, 5.41) is 27.8. The molecule has 172 valence electrons. The molecular formula is C21H24FN3O6S. The lowest BCUT2D eigenvalue weighted by Gasteiger charge is -2.25. The number of ether oxygens (including phenoxy) is 1. The van der Waals surface area contributed by atoms with Crippen LogP contribution in [0, 0.1) is 16.6 Å². The molecule has 32 heavy (non-hydrogen) atoms. The molecule has 0 saturated carbocycles. The van der Waals surface area contributed by atoms with E-state index in [1.54, 1.807) is 19.9 Å². The van der Waals surface area contributed by atoms with E-state index >= 15 is 0 Å². The number of carboxylic acid groups (broad SMARTS) is 1. The maximum Gasteiger partial charge on any atom is 0.353 e. The summed E-state index contributed by atoms with van der Waals surface area (Å²) in [6.07, 6.45) is 0.0972. The monoisotopic (exact) mass is 465 g/mol. The zero-order valence-electron chi connectivity index (χ0n) is 17.5. The van der Waals surface area contributed by atoms with Gasteiger partial charge in [0.1, 0.15) is 16.8 Å². The third-order valence-corrected chi connectivity index (χ3v) is 5.63. The molecule has 1 aromatic carbocycles. The van der Waals surface area contributed by atoms with Crippen LogP contribution in [-0.4, -0.2) is 46.5 Å². The lowest BCUT2D eigenvalue weighted by molar-refractivity contribution is -0.143. The third kappa shape index (κ3) is 6.34. The van der Waals surface area contributed by atoms with Gasteiger partial charge in [-0.15, -0.1) is 11.3 Å². The van der Waals surface area contributed by atoms with Crippen LogP contribution in [0.15, 0.2) is 30.3 Å². The molecule has 0 aliphatic carbocycles. The van der Waals surface area contributed by atoms with E-state index in [-0.39, 0.29) is 41.5 Å². The van der Waals surface area contributed by atoms with Gasteiger partial charge >= 0.3 is 11.9 Å². The van der Waals surface area contributed by atoms with Crippen molar-refractivity contribution in [3.05, 3.63) is 51.5 Å². The van der Waals surface area contributed by atoms with Gasteiger partial charge in [-0.25, -0.2) is 14.0 Å². The summed E-state index contributed by atoms with van der Waals surface area (Å²) in [5.74, 6) is -4.00. The molecule has 0 fully saturated rings. The van der Waals surface area contributed by atoms with E-state index in [4.69, 9.17) is 26.1 Å². The van der Waals surface area contributed by atoms with Crippen LogP contribution in [0.3, 0.4) is 0 Å². The Bertz CT molecular complexity index is 1040. The predicted molar refractivity (Wildman–Crippen MR) is 115 cm³/mol. The molecule has 9 nitrogen and oxygen atoms in total. The average molecular weight is 466 g/mol. The smallest absolute Gasteiger partial charge is 0.353 e. The number of aliphatic hydroxyl groups is 1. The molecule has 0 saturated heterocycles. The number of carbonyl (C=O) groups is 3. The summed E-state index contributed by atoms with van der Waals surface area (Å²) in [6.45, 7) is 2.87. The molecule has 6 N–H and O–H groups in total. The molecule has 1 amide bonds. The fourth-order valence-corrected chi connectivity index (χ4v) is 3.85. The number of benzene rings is 1. The Morgan fingerprint density at radius 1 is 1.28 bits per heavy atom. The van der Waals surface area contributed by atoms with Gasteiger partial charge in [0.05, 0.1) is 0 Å². The highest BCUT2D eigenvalue weighted by Crippen LogP contribution is 2.28. The second kappa shape index (κ2) is 10.3. The minimum absolute atomic E-state index is 0.115. The number of nitrogens with two attached hydrogens (primary N) is 1. The van der Waals surface area contributed by atoms with Crippen molar-refractivity contribution in [1.29, 1.82) is 5.41 Å². The van der Waals surface area contributed by atoms with Crippen LogP contribution < -0.4 is 15.8 Å². The molecular weight excluding hydrogens is 441 g/mol. The average Bonchev–Trinajstić information content (AvgIpc) is 3.16. The zero-order chi connectivity index (χ0) is 24.1. The quantitative estimate of drug-likeness (QED) is 0.155. The molecule has 2 rings (SSSR count). The summed E-state index contributed by atoms with van der Waals surface area (Å²) in [7, 11) is 0. The van der Waals surface area contributed by atoms with E-state index in [0.717, 1.165) is 17.4 Å². The standard InChI is InChI=1S/C21H24FN3O6S/c1-21(2,20(30)25-14(7-8-26)18(27)28)10-12-4-6-16(32-12)19(29)31-15-5-3-11(17(23)24)9-13(15)22/h3-6,9,14,26H,7-8,10H2,1-2H3,(H3,23,24)(H,25,30)(H,27,28)/t14-/m0/s1. The SMILES string of the molecule is CC(C)(Cc1ccc(C(=O)Oc2ccc(C(=N)N)cc2F)s1)C(=O)N[C@@H](CCO)C(=O)O. The van der Waals surface area contributed by atoms with Crippen LogP contribution >= 0.6 is 11.3 Å². The predicted octanol–water partition coefficient (Wildman–Crippen LogP) is 1.91. The van der Waals surface area contributed by atoms with Crippen molar-refractivity contribution in [3.8, 4) is 5.75 Å². The number of rotatable bonds is 10. The van der Waals surface area contributed by atoms with Gasteiger partial charge in [0, 0.05) is 28.9 Å². The number of aliphatic carboxylic acids is 1. The van der Waals surface area contributed by atoms with E-state index in [9.17, 15) is 18.8 Å². The van der Waals surface area contributed by atoms with Gasteiger partial charge in [0.25, 0.3) is 0 Å². The van der Waals surface area contributed by atoms with Gasteiger partial charge in [-0.05, 0) is 36.8 Å². The number of amides is 1. The Kier molecular flexibility index (Phi) is 8.06. The van der Waals surface area contributed by atoms with E-state index < -0.39 is 35.1 Å². The first kappa shape index (κ1) is 25.0. The number of nitrogen functional groups attached to an aromatic ring is 1. The van der Waals surface area contributed by atoms with Crippen molar-refractivity contribution in [3.63, 3.8) is 0 Å². The lowest BCUT2D eigenvalue weighted by Crippen LogP contribution is -2.47. The molecule has 0 spiro atoms. The number of nitrogens with one attached hydrogen (secondary N) is 2. The van der Waals surface area contributed by atoms with Gasteiger partial charge in [-0.2, -0.15) is 0 Å². The van der Waals surface area contributed by atoms with Crippen LogP contribution in [0.5, 0.6) is 5.75 Å². The first-order chi connectivity index (χ1) is 14.9. The van der Waals surface area contributed by atoms with Crippen molar-refractivity contribution in [2.75, 3.05) is 6.61 Å². The molecule has 0 unspecified atom stereocenters. The van der Waals surface area contributed by atoms with Gasteiger partial charge in [0.2, 0.25) is 5.91 Å². The van der Waals surface area contributed by atoms with E-state index in [0.29, 0.717) is 4.88 Å². The van der Waals surface area contributed by atoms with Crippen molar-refractivity contribution >= 4 is 35.0 Å². The number of aliphatic hydroxyl groups excluding tert-OH is 1. The summed E-state index contributed by atoms with van der Waals surface area (Å²) in [6, 6.07) is 5.48. The summed E-state index contributed by atoms with van der Waals surface area (Å²) >= 11 is 1.07. The number of halogens is 1. The Morgan fingerprint density at radius 2 is 1.97 bits per heavy atom. The molecule has 0 bridgehead atoms. The van der Waals surface area contributed by atoms with Gasteiger partial charge in [-0.1, -0.05) is 13.8 Å². The van der Waals surface area contributed by atoms with Crippen molar-refractivity contribution < 1.29 is 33.7 Å². The number of esters is 1. The lowest BCUT2D eigenvalue weighted by atomic mass is 9.87. The van der Waals surface area contributed by atoms with E-state index in [1.165, 1.54) is 18.2 Å². The Balaban J connectivity index is 2.06. The third-order valence-electron chi connectivity index (χ3n) is 4.56. The first-order valence-corrected chi connectivity index (χ1v) is 10.4. The van der Waals surface area contributed by atoms with E-state index in [2.05, 4.69) is 5.32 Å². The molecule has 1 heterocycles. The maximum absolute atomic E-state index is 14.1. The summed E-state index contributed by atoms with van der Waals surface area (Å²) in [5.41, 5.74) is 4.46. The van der Waals surface area contributed by atoms with Crippen molar-refractivity contribution in [2.45, 2.75) is 32.7 Å². The number of hydrogen-bond acceptors (Lipinski definition) is 7. The number of amidine groups is 1. The number of carbonyl (C=O) groups excluding carboxylic acids is 2. The second-order valence-corrected chi connectivity index (χ2v) is 8.82. The van der Waals surface area contributed by atoms with Crippen LogP contribution in [0.1, 0.15) is 40.4 Å². The van der Waals surface area contributed by atoms with Crippen molar-refractivity contribution in [1.82, 2.24) is 5.32 Å². The minimum atomic E-state index is -1.24. The highest BCUT2D eigenvalue weighted by Gasteiger charge is 2.32. The molecule has 0 aliphatic rings. The number of hydrogen-bond donors (Lipinski definition) is 5. The highest BCUT2D eigenvalue weighted by molar-refractivity contribution is 7.14. The summed E-state index contributed by atoms with van der Waals surface area (Å²) < 4.78 is 19.2. The largest absolute Gasteiger partial charge is 0.480 e. The van der Waals surface area contributed by atoms with Gasteiger partial charge in [0.15, 0.2) is 11.6 Å². The van der Waals surface area contributed by atoms with Crippen LogP contribution in [-0.2, 0) is 16.0 Å². The normalized spacial score (nSPS) is 12.1. The maximum atomic E-state index is 14.1. The number of carboxylic acids is 1. The summed E-state index contributed by atoms with van der Waals surface area (Å²) in [4.78, 5) is 37.0. The topological polar surface area (TPSA) is 163 Å². The van der Waals surface area contributed by atoms with Crippen LogP contribution in [0.2, 0.25) is 0 Å². The second-order valence-electron chi connectivity index (χ2n) is 7.65. The Hall–Kier alpha value is -3.31.